The van der Waals surface area contributed by atoms with E-state index in [1.54, 1.807) is 0 Å². The first-order chi connectivity index (χ1) is 9.45. The first-order valence-corrected chi connectivity index (χ1v) is 6.54. The third kappa shape index (κ3) is 1.53. The third-order valence-corrected chi connectivity index (χ3v) is 3.81. The van der Waals surface area contributed by atoms with Crippen molar-refractivity contribution >= 4 is 23.1 Å². The van der Waals surface area contributed by atoms with E-state index in [-0.39, 0.29) is 0 Å². The van der Waals surface area contributed by atoms with Crippen molar-refractivity contribution in [2.75, 3.05) is 0 Å². The zero-order valence-corrected chi connectivity index (χ0v) is 10.5. The van der Waals surface area contributed by atoms with E-state index in [0.717, 1.165) is 5.69 Å². The Kier molecular flexibility index (Phi) is 2.28. The highest BCUT2D eigenvalue weighted by atomic mass is 14.7. The molecule has 1 aromatic heterocycles. The lowest BCUT2D eigenvalue weighted by Crippen LogP contribution is -2.48. The van der Waals surface area contributed by atoms with Crippen LogP contribution in [0.15, 0.2) is 72.9 Å². The number of hydrogen-bond acceptors (Lipinski definition) is 1. The summed E-state index contributed by atoms with van der Waals surface area (Å²) in [5.41, 5.74) is 6.41. The van der Waals surface area contributed by atoms with Crippen LogP contribution in [0.5, 0.6) is 0 Å². The van der Waals surface area contributed by atoms with Crippen molar-refractivity contribution in [3.8, 4) is 11.3 Å². The van der Waals surface area contributed by atoms with Gasteiger partial charge in [0.25, 0.3) is 0 Å². The van der Waals surface area contributed by atoms with Crippen LogP contribution in [-0.4, -0.2) is 11.7 Å². The molecule has 0 unspecified atom stereocenters. The molecule has 2 heterocycles. The fourth-order valence-corrected chi connectivity index (χ4v) is 3.01. The second-order valence-electron chi connectivity index (χ2n) is 4.87. The van der Waals surface area contributed by atoms with E-state index in [0.29, 0.717) is 6.71 Å². The van der Waals surface area contributed by atoms with Gasteiger partial charge in [0.1, 0.15) is 0 Å². The smallest absolute Gasteiger partial charge is 0.244 e. The van der Waals surface area contributed by atoms with Gasteiger partial charge in [0, 0.05) is 6.20 Å². The molecule has 88 valence electrons. The Morgan fingerprint density at radius 2 is 1.42 bits per heavy atom. The molecular weight excluding hydrogens is 229 g/mol. The van der Waals surface area contributed by atoms with Gasteiger partial charge >= 0.3 is 0 Å². The summed E-state index contributed by atoms with van der Waals surface area (Å²) in [6, 6.07) is 23.5. The molecule has 0 N–H and O–H groups in total. The minimum absolute atomic E-state index is 0.320. The van der Waals surface area contributed by atoms with Gasteiger partial charge in [-0.15, -0.1) is 0 Å². The van der Waals surface area contributed by atoms with Crippen molar-refractivity contribution in [1.29, 1.82) is 0 Å². The summed E-state index contributed by atoms with van der Waals surface area (Å²) < 4.78 is 0. The van der Waals surface area contributed by atoms with E-state index in [2.05, 4.69) is 65.6 Å². The second-order valence-corrected chi connectivity index (χ2v) is 4.87. The van der Waals surface area contributed by atoms with Gasteiger partial charge in [0.15, 0.2) is 0 Å². The SMILES string of the molecule is c1ccc(B2c3ccccc3-c3ncccc32)cc1. The number of hydrogen-bond donors (Lipinski definition) is 0. The zero-order chi connectivity index (χ0) is 12.7. The Balaban J connectivity index is 2.02. The number of rotatable bonds is 1. The molecule has 0 atom stereocenters. The maximum Gasteiger partial charge on any atom is 0.244 e. The number of nitrogens with zero attached hydrogens (tertiary/aromatic N) is 1. The lowest BCUT2D eigenvalue weighted by Gasteiger charge is -2.09. The standard InChI is InChI=1S/C17H12BN/c1-2-7-13(8-3-1)18-15-10-5-4-9-14(15)17-16(18)11-6-12-19-17/h1-12H. The molecule has 4 rings (SSSR count). The van der Waals surface area contributed by atoms with Crippen LogP contribution in [0.4, 0.5) is 0 Å². The average Bonchev–Trinajstić information content (AvgIpc) is 2.83. The lowest BCUT2D eigenvalue weighted by atomic mass is 9.39. The monoisotopic (exact) mass is 241 g/mol. The topological polar surface area (TPSA) is 12.9 Å². The molecule has 1 aliphatic heterocycles. The van der Waals surface area contributed by atoms with Crippen molar-refractivity contribution in [3.63, 3.8) is 0 Å². The number of aromatic nitrogens is 1. The summed E-state index contributed by atoms with van der Waals surface area (Å²) in [5.74, 6) is 0. The van der Waals surface area contributed by atoms with Gasteiger partial charge in [-0.05, 0) is 17.1 Å². The fraction of sp³-hybridized carbons (Fsp3) is 0. The third-order valence-electron chi connectivity index (χ3n) is 3.81. The number of benzene rings is 2. The highest BCUT2D eigenvalue weighted by Gasteiger charge is 2.33. The van der Waals surface area contributed by atoms with E-state index < -0.39 is 0 Å². The van der Waals surface area contributed by atoms with Gasteiger partial charge in [-0.25, -0.2) is 0 Å². The van der Waals surface area contributed by atoms with Crippen molar-refractivity contribution in [3.05, 3.63) is 72.9 Å². The maximum atomic E-state index is 4.58. The Labute approximate surface area is 113 Å². The molecule has 0 spiro atoms. The molecule has 0 saturated heterocycles. The molecule has 2 aromatic carbocycles. The molecule has 0 bridgehead atoms. The number of fused-ring (bicyclic) bond motifs is 3. The van der Waals surface area contributed by atoms with Crippen LogP contribution >= 0.6 is 0 Å². The molecule has 0 aliphatic carbocycles. The number of pyridine rings is 1. The molecule has 2 heteroatoms. The maximum absolute atomic E-state index is 4.58. The summed E-state index contributed by atoms with van der Waals surface area (Å²) in [6.45, 7) is 0.320. The molecule has 1 nitrogen and oxygen atoms in total. The predicted molar refractivity (Wildman–Crippen MR) is 80.8 cm³/mol. The second kappa shape index (κ2) is 4.09. The molecule has 3 aromatic rings. The Hall–Kier alpha value is -2.35. The Morgan fingerprint density at radius 3 is 2.32 bits per heavy atom. The normalized spacial score (nSPS) is 12.1. The van der Waals surface area contributed by atoms with Crippen LogP contribution in [0.25, 0.3) is 11.3 Å². The predicted octanol–water partition coefficient (Wildman–Crippen LogP) is 1.58. The van der Waals surface area contributed by atoms with Crippen LogP contribution in [0, 0.1) is 0 Å². The first kappa shape index (κ1) is 10.6. The van der Waals surface area contributed by atoms with E-state index in [1.165, 1.54) is 22.0 Å². The molecule has 0 amide bonds. The van der Waals surface area contributed by atoms with Crippen molar-refractivity contribution < 1.29 is 0 Å². The summed E-state index contributed by atoms with van der Waals surface area (Å²) >= 11 is 0. The highest BCUT2D eigenvalue weighted by Crippen LogP contribution is 2.19. The van der Waals surface area contributed by atoms with E-state index in [1.807, 2.05) is 12.3 Å². The molecular formula is C17H12BN. The molecule has 19 heavy (non-hydrogen) atoms. The summed E-state index contributed by atoms with van der Waals surface area (Å²) in [7, 11) is 0. The zero-order valence-electron chi connectivity index (χ0n) is 10.5. The summed E-state index contributed by atoms with van der Waals surface area (Å²) in [5, 5.41) is 0. The van der Waals surface area contributed by atoms with Crippen LogP contribution in [0.2, 0.25) is 0 Å². The minimum Gasteiger partial charge on any atom is -0.257 e. The van der Waals surface area contributed by atoms with E-state index in [4.69, 9.17) is 0 Å². The Morgan fingerprint density at radius 1 is 0.684 bits per heavy atom. The van der Waals surface area contributed by atoms with Crippen LogP contribution in [0.1, 0.15) is 0 Å². The van der Waals surface area contributed by atoms with Gasteiger partial charge in [0.05, 0.1) is 5.69 Å². The molecule has 0 saturated carbocycles. The summed E-state index contributed by atoms with van der Waals surface area (Å²) in [4.78, 5) is 4.58. The van der Waals surface area contributed by atoms with Crippen LogP contribution in [0.3, 0.4) is 0 Å². The van der Waals surface area contributed by atoms with Crippen LogP contribution < -0.4 is 16.4 Å². The highest BCUT2D eigenvalue weighted by molar-refractivity contribution is 6.98. The van der Waals surface area contributed by atoms with Gasteiger partial charge in [-0.1, -0.05) is 71.6 Å². The average molecular weight is 241 g/mol. The van der Waals surface area contributed by atoms with Crippen molar-refractivity contribution in [2.24, 2.45) is 0 Å². The van der Waals surface area contributed by atoms with E-state index >= 15 is 0 Å². The molecule has 0 radical (unpaired) electrons. The quantitative estimate of drug-likeness (QED) is 0.461. The van der Waals surface area contributed by atoms with Gasteiger partial charge in [-0.3, -0.25) is 4.98 Å². The Bertz CT molecular complexity index is 692. The first-order valence-electron chi connectivity index (χ1n) is 6.54. The minimum atomic E-state index is 0.320. The molecule has 0 fully saturated rings. The van der Waals surface area contributed by atoms with Crippen LogP contribution in [-0.2, 0) is 0 Å². The molecule has 1 aliphatic rings. The van der Waals surface area contributed by atoms with Gasteiger partial charge in [0.2, 0.25) is 6.71 Å². The summed E-state index contributed by atoms with van der Waals surface area (Å²) in [6.07, 6.45) is 1.88. The van der Waals surface area contributed by atoms with E-state index in [9.17, 15) is 0 Å². The van der Waals surface area contributed by atoms with Gasteiger partial charge in [-0.2, -0.15) is 0 Å². The van der Waals surface area contributed by atoms with Crippen molar-refractivity contribution in [2.45, 2.75) is 0 Å². The fourth-order valence-electron chi connectivity index (χ4n) is 3.01. The van der Waals surface area contributed by atoms with Crippen molar-refractivity contribution in [1.82, 2.24) is 4.98 Å². The van der Waals surface area contributed by atoms with Gasteiger partial charge < -0.3 is 0 Å². The lowest BCUT2D eigenvalue weighted by molar-refractivity contribution is 1.36. The largest absolute Gasteiger partial charge is 0.257 e.